The fourth-order valence-electron chi connectivity index (χ4n) is 4.62. The lowest BCUT2D eigenvalue weighted by molar-refractivity contribution is -0.170. The van der Waals surface area contributed by atoms with Crippen LogP contribution in [0, 0.1) is 12.3 Å². The Kier molecular flexibility index (Phi) is 11.7. The van der Waals surface area contributed by atoms with Crippen molar-refractivity contribution in [2.45, 2.75) is 70.6 Å². The van der Waals surface area contributed by atoms with Gasteiger partial charge in [0.2, 0.25) is 0 Å². The zero-order chi connectivity index (χ0) is 30.1. The summed E-state index contributed by atoms with van der Waals surface area (Å²) >= 11 is 1.72. The smallest absolute Gasteiger partial charge is 0.345 e. The summed E-state index contributed by atoms with van der Waals surface area (Å²) in [5.74, 6) is -5.02. The average molecular weight is 587 g/mol. The number of rotatable bonds is 13. The van der Waals surface area contributed by atoms with Crippen LogP contribution < -0.4 is 0 Å². The van der Waals surface area contributed by atoms with Crippen molar-refractivity contribution < 1.29 is 48.3 Å². The molecule has 0 bridgehead atoms. The number of aliphatic carboxylic acids is 3. The summed E-state index contributed by atoms with van der Waals surface area (Å²) in [5, 5.41) is 35.9. The molecular formula is C27H36F2N2O8S. The molecule has 4 N–H and O–H groups in total. The van der Waals surface area contributed by atoms with E-state index in [4.69, 9.17) is 25.2 Å². The molecule has 1 saturated heterocycles. The SMILES string of the molecule is Cc1ccc(C(C)(C)N2CC[C@@](CCc3cccs3)(COC(F)F)C2)cn1.O=C(O)CC(O)(CC(=O)O)C(=O)O. The summed E-state index contributed by atoms with van der Waals surface area (Å²) in [5.41, 5.74) is -1.03. The quantitative estimate of drug-likeness (QED) is 0.270. The summed E-state index contributed by atoms with van der Waals surface area (Å²) in [6, 6.07) is 8.29. The molecule has 1 atom stereocenters. The number of nitrogens with zero attached hydrogens (tertiary/aromatic N) is 2. The highest BCUT2D eigenvalue weighted by atomic mass is 32.1. The Morgan fingerprint density at radius 3 is 2.27 bits per heavy atom. The maximum Gasteiger partial charge on any atom is 0.345 e. The van der Waals surface area contributed by atoms with Crippen molar-refractivity contribution in [3.8, 4) is 0 Å². The molecule has 1 aliphatic rings. The monoisotopic (exact) mass is 586 g/mol. The van der Waals surface area contributed by atoms with Gasteiger partial charge >= 0.3 is 24.5 Å². The molecule has 222 valence electrons. The van der Waals surface area contributed by atoms with Crippen LogP contribution in [0.4, 0.5) is 8.78 Å². The zero-order valence-corrected chi connectivity index (χ0v) is 23.5. The maximum atomic E-state index is 12.8. The van der Waals surface area contributed by atoms with Gasteiger partial charge < -0.3 is 25.2 Å². The van der Waals surface area contributed by atoms with Crippen LogP contribution in [0.1, 0.15) is 55.7 Å². The number of aryl methyl sites for hydroxylation is 2. The number of pyridine rings is 1. The number of carboxylic acid groups (broad SMARTS) is 3. The second-order valence-electron chi connectivity index (χ2n) is 10.5. The number of ether oxygens (including phenoxy) is 1. The Bertz CT molecular complexity index is 1110. The molecule has 0 unspecified atom stereocenters. The van der Waals surface area contributed by atoms with Gasteiger partial charge in [0.1, 0.15) is 0 Å². The van der Waals surface area contributed by atoms with E-state index in [0.717, 1.165) is 43.6 Å². The minimum Gasteiger partial charge on any atom is -0.481 e. The van der Waals surface area contributed by atoms with Gasteiger partial charge in [-0.2, -0.15) is 8.78 Å². The summed E-state index contributed by atoms with van der Waals surface area (Å²) in [6.45, 7) is 5.36. The molecule has 0 radical (unpaired) electrons. The number of halogens is 2. The number of alkyl halides is 2. The molecule has 0 saturated carbocycles. The lowest BCUT2D eigenvalue weighted by atomic mass is 9.82. The highest BCUT2D eigenvalue weighted by molar-refractivity contribution is 7.09. The van der Waals surface area contributed by atoms with E-state index in [-0.39, 0.29) is 17.6 Å². The molecule has 40 heavy (non-hydrogen) atoms. The molecule has 3 heterocycles. The van der Waals surface area contributed by atoms with Gasteiger partial charge in [0, 0.05) is 34.3 Å². The normalized spacial score (nSPS) is 17.9. The maximum absolute atomic E-state index is 12.8. The molecule has 0 amide bonds. The van der Waals surface area contributed by atoms with Crippen molar-refractivity contribution in [2.24, 2.45) is 5.41 Å². The third-order valence-electron chi connectivity index (χ3n) is 7.13. The number of likely N-dealkylation sites (tertiary alicyclic amines) is 1. The fourth-order valence-corrected chi connectivity index (χ4v) is 5.32. The Morgan fingerprint density at radius 2 is 1.80 bits per heavy atom. The van der Waals surface area contributed by atoms with E-state index in [1.54, 1.807) is 11.3 Å². The number of thiophene rings is 1. The van der Waals surface area contributed by atoms with E-state index < -0.39 is 43.0 Å². The molecule has 10 nitrogen and oxygen atoms in total. The Morgan fingerprint density at radius 1 is 1.15 bits per heavy atom. The third kappa shape index (κ3) is 9.58. The van der Waals surface area contributed by atoms with Crippen LogP contribution in [0.5, 0.6) is 0 Å². The number of hydrogen-bond acceptors (Lipinski definition) is 8. The van der Waals surface area contributed by atoms with Crippen molar-refractivity contribution in [1.82, 2.24) is 9.88 Å². The van der Waals surface area contributed by atoms with Gasteiger partial charge in [-0.25, -0.2) is 4.79 Å². The molecule has 13 heteroatoms. The minimum absolute atomic E-state index is 0.106. The first kappa shape index (κ1) is 33.2. The van der Waals surface area contributed by atoms with Crippen molar-refractivity contribution in [2.75, 3.05) is 19.7 Å². The van der Waals surface area contributed by atoms with Gasteiger partial charge in [0.25, 0.3) is 0 Å². The second kappa shape index (κ2) is 14.1. The molecule has 1 aliphatic heterocycles. The predicted molar refractivity (Wildman–Crippen MR) is 142 cm³/mol. The van der Waals surface area contributed by atoms with Gasteiger partial charge in [0.15, 0.2) is 5.60 Å². The Balaban J connectivity index is 0.000000366. The van der Waals surface area contributed by atoms with Crippen LogP contribution in [0.2, 0.25) is 0 Å². The van der Waals surface area contributed by atoms with Crippen molar-refractivity contribution in [3.63, 3.8) is 0 Å². The molecule has 1 fully saturated rings. The topological polar surface area (TPSA) is 157 Å². The lowest BCUT2D eigenvalue weighted by Crippen LogP contribution is -2.42. The highest BCUT2D eigenvalue weighted by Crippen LogP contribution is 2.42. The molecule has 0 spiro atoms. The first-order valence-corrected chi connectivity index (χ1v) is 13.5. The van der Waals surface area contributed by atoms with Gasteiger partial charge in [-0.3, -0.25) is 19.5 Å². The molecule has 2 aromatic heterocycles. The van der Waals surface area contributed by atoms with E-state index in [2.05, 4.69) is 41.2 Å². The van der Waals surface area contributed by atoms with Crippen molar-refractivity contribution in [1.29, 1.82) is 0 Å². The number of aromatic nitrogens is 1. The van der Waals surface area contributed by atoms with Crippen LogP contribution in [-0.4, -0.2) is 80.1 Å². The molecule has 0 aromatic carbocycles. The highest BCUT2D eigenvalue weighted by Gasteiger charge is 2.44. The number of hydrogen-bond donors (Lipinski definition) is 4. The molecule has 0 aliphatic carbocycles. The van der Waals surface area contributed by atoms with E-state index in [1.807, 2.05) is 25.3 Å². The van der Waals surface area contributed by atoms with Gasteiger partial charge in [0.05, 0.1) is 19.4 Å². The standard InChI is InChI=1S/C21H28F2N2OS.C6H8O7/c1-16-6-7-17(13-24-16)20(2,3)25-11-10-21(14-25,15-26-19(22)23)9-8-18-5-4-12-27-18;7-3(8)1-6(13,5(11)12)2-4(9)10/h4-7,12-13,19H,8-11,14-15H2,1-3H3;13H,1-2H2,(H,7,8)(H,9,10)(H,11,12)/t21-;/m1./s1. The van der Waals surface area contributed by atoms with Crippen LogP contribution >= 0.6 is 11.3 Å². The molecular weight excluding hydrogens is 550 g/mol. The predicted octanol–water partition coefficient (Wildman–Crippen LogP) is 4.00. The summed E-state index contributed by atoms with van der Waals surface area (Å²) in [7, 11) is 0. The number of aliphatic hydroxyl groups is 1. The zero-order valence-electron chi connectivity index (χ0n) is 22.7. The largest absolute Gasteiger partial charge is 0.481 e. The first-order valence-electron chi connectivity index (χ1n) is 12.6. The summed E-state index contributed by atoms with van der Waals surface area (Å²) in [4.78, 5) is 38.6. The van der Waals surface area contributed by atoms with Crippen LogP contribution in [-0.2, 0) is 31.1 Å². The Labute approximate surface area is 235 Å². The summed E-state index contributed by atoms with van der Waals surface area (Å²) in [6.07, 6.45) is 2.28. The lowest BCUT2D eigenvalue weighted by Gasteiger charge is -2.38. The van der Waals surface area contributed by atoms with Gasteiger partial charge in [-0.05, 0) is 69.7 Å². The van der Waals surface area contributed by atoms with Crippen molar-refractivity contribution >= 4 is 29.2 Å². The van der Waals surface area contributed by atoms with Gasteiger partial charge in [-0.1, -0.05) is 12.1 Å². The van der Waals surface area contributed by atoms with E-state index in [0.29, 0.717) is 0 Å². The molecule has 2 aromatic rings. The van der Waals surface area contributed by atoms with Crippen LogP contribution in [0.3, 0.4) is 0 Å². The third-order valence-corrected chi connectivity index (χ3v) is 8.07. The van der Waals surface area contributed by atoms with E-state index in [1.165, 1.54) is 4.88 Å². The average Bonchev–Trinajstić information content (AvgIpc) is 3.52. The second-order valence-corrected chi connectivity index (χ2v) is 11.6. The van der Waals surface area contributed by atoms with Crippen molar-refractivity contribution in [3.05, 3.63) is 52.0 Å². The number of carbonyl (C=O) groups is 3. The first-order chi connectivity index (χ1) is 18.6. The van der Waals surface area contributed by atoms with Crippen LogP contribution in [0.25, 0.3) is 0 Å². The van der Waals surface area contributed by atoms with E-state index in [9.17, 15) is 23.2 Å². The van der Waals surface area contributed by atoms with E-state index >= 15 is 0 Å². The summed E-state index contributed by atoms with van der Waals surface area (Å²) < 4.78 is 30.3. The minimum atomic E-state index is -2.74. The fraction of sp³-hybridized carbons (Fsp3) is 0.556. The van der Waals surface area contributed by atoms with Crippen LogP contribution in [0.15, 0.2) is 35.8 Å². The van der Waals surface area contributed by atoms with Gasteiger partial charge in [-0.15, -0.1) is 11.3 Å². The Hall–Kier alpha value is -3.00. The number of carboxylic acids is 3. The molecule has 3 rings (SSSR count).